The largest absolute Gasteiger partial charge is 0.384 e. The predicted molar refractivity (Wildman–Crippen MR) is 123 cm³/mol. The standard InChI is InChI=1S/C25H23F5N4O3/c1-11-31-19-14(10-34(22(36)18(19)27)16-9-24(28)7-12(16)8-24)20(32-11)33-21(35)13-5-4-6-15(17(13)26)25(29,30)23(2,3)37/h4-6,10,12,16,37H,7-9H2,1-3H3,(H,31,32,33,35)/t12?,16-,24?/m0/s1. The van der Waals surface area contributed by atoms with Gasteiger partial charge >= 0.3 is 5.92 Å². The maximum Gasteiger partial charge on any atom is 0.303 e. The first-order valence-corrected chi connectivity index (χ1v) is 11.6. The highest BCUT2D eigenvalue weighted by atomic mass is 19.3. The van der Waals surface area contributed by atoms with Crippen molar-refractivity contribution in [3.63, 3.8) is 0 Å². The maximum atomic E-state index is 15.1. The summed E-state index contributed by atoms with van der Waals surface area (Å²) < 4.78 is 75.1. The molecule has 0 radical (unpaired) electrons. The summed E-state index contributed by atoms with van der Waals surface area (Å²) in [6.45, 7) is 2.99. The number of hydrogen-bond donors (Lipinski definition) is 2. The molecular formula is C25H23F5N4O3. The first-order valence-electron chi connectivity index (χ1n) is 11.6. The zero-order valence-electron chi connectivity index (χ0n) is 20.1. The molecule has 196 valence electrons. The van der Waals surface area contributed by atoms with Gasteiger partial charge in [0.05, 0.1) is 16.5 Å². The van der Waals surface area contributed by atoms with E-state index in [1.165, 1.54) is 13.1 Å². The van der Waals surface area contributed by atoms with E-state index in [-0.39, 0.29) is 42.2 Å². The Kier molecular flexibility index (Phi) is 5.49. The Morgan fingerprint density at radius 2 is 1.84 bits per heavy atom. The van der Waals surface area contributed by atoms with Gasteiger partial charge in [0.2, 0.25) is 5.82 Å². The lowest BCUT2D eigenvalue weighted by atomic mass is 9.81. The molecule has 3 aromatic rings. The fraction of sp³-hybridized carbons (Fsp3) is 0.440. The van der Waals surface area contributed by atoms with E-state index in [2.05, 4.69) is 15.3 Å². The number of nitrogens with one attached hydrogen (secondary N) is 1. The van der Waals surface area contributed by atoms with Crippen LogP contribution in [0.2, 0.25) is 0 Å². The van der Waals surface area contributed by atoms with Crippen molar-refractivity contribution in [3.8, 4) is 0 Å². The Labute approximate surface area is 207 Å². The number of carbonyl (C=O) groups excluding carboxylic acids is 1. The Morgan fingerprint density at radius 3 is 2.43 bits per heavy atom. The lowest BCUT2D eigenvalue weighted by molar-refractivity contribution is -0.170. The van der Waals surface area contributed by atoms with E-state index in [9.17, 15) is 27.9 Å². The van der Waals surface area contributed by atoms with E-state index >= 15 is 8.78 Å². The molecular weight excluding hydrogens is 499 g/mol. The van der Waals surface area contributed by atoms with Crippen LogP contribution in [0.25, 0.3) is 10.9 Å². The normalized spacial score (nSPS) is 23.3. The molecule has 3 aliphatic rings. The van der Waals surface area contributed by atoms with Crippen molar-refractivity contribution < 1.29 is 31.9 Å². The fourth-order valence-corrected chi connectivity index (χ4v) is 5.26. The van der Waals surface area contributed by atoms with Crippen molar-refractivity contribution in [1.29, 1.82) is 0 Å². The lowest BCUT2D eigenvalue weighted by Gasteiger charge is -2.30. The van der Waals surface area contributed by atoms with Gasteiger partial charge in [-0.25, -0.2) is 18.7 Å². The number of aryl methyl sites for hydroxylation is 1. The van der Waals surface area contributed by atoms with Crippen LogP contribution in [0.15, 0.2) is 29.2 Å². The van der Waals surface area contributed by atoms with Crippen LogP contribution >= 0.6 is 0 Å². The van der Waals surface area contributed by atoms with Crippen LogP contribution < -0.4 is 10.9 Å². The van der Waals surface area contributed by atoms with E-state index in [1.807, 2.05) is 0 Å². The number of hydrogen-bond acceptors (Lipinski definition) is 5. The molecule has 0 aliphatic heterocycles. The minimum absolute atomic E-state index is 0.0209. The van der Waals surface area contributed by atoms with Gasteiger partial charge in [-0.05, 0) is 51.7 Å². The van der Waals surface area contributed by atoms with Crippen LogP contribution in [0.5, 0.6) is 0 Å². The second kappa shape index (κ2) is 8.04. The number of pyridine rings is 1. The molecule has 1 amide bonds. The second-order valence-electron chi connectivity index (χ2n) is 10.4. The van der Waals surface area contributed by atoms with Crippen LogP contribution in [-0.2, 0) is 5.92 Å². The SMILES string of the molecule is Cc1nc(NC(=O)c2cccc(C(F)(F)C(C)(C)O)c2F)c2cn([C@H]3CC4(F)CC3C4)c(=O)c(F)c2n1. The molecule has 2 bridgehead atoms. The van der Waals surface area contributed by atoms with Gasteiger partial charge in [0.25, 0.3) is 11.5 Å². The Balaban J connectivity index is 1.57. The van der Waals surface area contributed by atoms with Crippen molar-refractivity contribution in [2.75, 3.05) is 5.32 Å². The number of rotatable bonds is 5. The number of nitrogens with zero attached hydrogens (tertiary/aromatic N) is 3. The van der Waals surface area contributed by atoms with Crippen molar-refractivity contribution in [2.24, 2.45) is 5.92 Å². The highest BCUT2D eigenvalue weighted by Crippen LogP contribution is 2.59. The zero-order valence-corrected chi connectivity index (χ0v) is 20.1. The average molecular weight is 522 g/mol. The van der Waals surface area contributed by atoms with Gasteiger partial charge in [0.1, 0.15) is 34.2 Å². The van der Waals surface area contributed by atoms with Gasteiger partial charge in [-0.2, -0.15) is 13.2 Å². The Hall–Kier alpha value is -3.41. The number of carbonyl (C=O) groups is 1. The summed E-state index contributed by atoms with van der Waals surface area (Å²) in [6.07, 6.45) is 1.81. The molecule has 0 unspecified atom stereocenters. The number of amides is 1. The molecule has 2 heterocycles. The third kappa shape index (κ3) is 3.89. The van der Waals surface area contributed by atoms with Crippen molar-refractivity contribution in [1.82, 2.24) is 14.5 Å². The van der Waals surface area contributed by atoms with Crippen LogP contribution in [0.3, 0.4) is 0 Å². The van der Waals surface area contributed by atoms with E-state index in [1.54, 1.807) is 0 Å². The monoisotopic (exact) mass is 522 g/mol. The van der Waals surface area contributed by atoms with Gasteiger partial charge < -0.3 is 15.0 Å². The molecule has 3 saturated carbocycles. The van der Waals surface area contributed by atoms with Gasteiger partial charge in [0, 0.05) is 18.7 Å². The molecule has 2 N–H and O–H groups in total. The van der Waals surface area contributed by atoms with Gasteiger partial charge in [-0.1, -0.05) is 6.07 Å². The molecule has 7 nitrogen and oxygen atoms in total. The highest BCUT2D eigenvalue weighted by Gasteiger charge is 2.57. The minimum Gasteiger partial charge on any atom is -0.384 e. The van der Waals surface area contributed by atoms with Crippen molar-refractivity contribution in [2.45, 2.75) is 63.3 Å². The van der Waals surface area contributed by atoms with E-state index < -0.39 is 63.0 Å². The van der Waals surface area contributed by atoms with E-state index in [0.717, 1.165) is 36.6 Å². The number of halogens is 5. The Morgan fingerprint density at radius 1 is 1.16 bits per heavy atom. The molecule has 12 heteroatoms. The molecule has 3 fully saturated rings. The molecule has 1 atom stereocenters. The number of fused-ring (bicyclic) bond motifs is 2. The second-order valence-corrected chi connectivity index (χ2v) is 10.4. The first kappa shape index (κ1) is 25.2. The van der Waals surface area contributed by atoms with Crippen molar-refractivity contribution in [3.05, 3.63) is 63.3 Å². The van der Waals surface area contributed by atoms with Gasteiger partial charge in [-0.15, -0.1) is 0 Å². The molecule has 0 spiro atoms. The van der Waals surface area contributed by atoms with Crippen molar-refractivity contribution >= 4 is 22.6 Å². The highest BCUT2D eigenvalue weighted by molar-refractivity contribution is 6.07. The molecule has 6 rings (SSSR count). The summed E-state index contributed by atoms with van der Waals surface area (Å²) in [5, 5.41) is 12.0. The smallest absolute Gasteiger partial charge is 0.303 e. The van der Waals surface area contributed by atoms with Crippen LogP contribution in [0.1, 0.15) is 60.9 Å². The quantitative estimate of drug-likeness (QED) is 0.479. The lowest BCUT2D eigenvalue weighted by Crippen LogP contribution is -2.41. The molecule has 37 heavy (non-hydrogen) atoms. The summed E-state index contributed by atoms with van der Waals surface area (Å²) in [5.74, 6) is -8.40. The number of anilines is 1. The summed E-state index contributed by atoms with van der Waals surface area (Å²) in [6, 6.07) is 2.17. The Bertz CT molecular complexity index is 1510. The number of aliphatic hydroxyl groups is 1. The fourth-order valence-electron chi connectivity index (χ4n) is 5.26. The zero-order chi connectivity index (χ0) is 27.1. The van der Waals surface area contributed by atoms with Gasteiger partial charge in [0.15, 0.2) is 0 Å². The third-order valence-electron chi connectivity index (χ3n) is 7.27. The maximum absolute atomic E-state index is 15.1. The topological polar surface area (TPSA) is 97.1 Å². The van der Waals surface area contributed by atoms with Crippen LogP contribution in [0.4, 0.5) is 27.8 Å². The summed E-state index contributed by atoms with van der Waals surface area (Å²) in [7, 11) is 0. The summed E-state index contributed by atoms with van der Waals surface area (Å²) >= 11 is 0. The summed E-state index contributed by atoms with van der Waals surface area (Å²) in [4.78, 5) is 33.8. The number of benzene rings is 1. The number of aromatic nitrogens is 3. The average Bonchev–Trinajstić information content (AvgIpc) is 3.28. The van der Waals surface area contributed by atoms with Crippen LogP contribution in [0, 0.1) is 24.5 Å². The summed E-state index contributed by atoms with van der Waals surface area (Å²) in [5.41, 5.74) is -7.35. The van der Waals surface area contributed by atoms with Crippen LogP contribution in [-0.4, -0.2) is 36.8 Å². The first-order chi connectivity index (χ1) is 17.1. The molecule has 3 aliphatic carbocycles. The van der Waals surface area contributed by atoms with E-state index in [4.69, 9.17) is 0 Å². The van der Waals surface area contributed by atoms with Gasteiger partial charge in [-0.3, -0.25) is 9.59 Å². The molecule has 0 saturated heterocycles. The predicted octanol–water partition coefficient (Wildman–Crippen LogP) is 4.56. The molecule has 1 aromatic carbocycles. The third-order valence-corrected chi connectivity index (χ3v) is 7.27. The van der Waals surface area contributed by atoms with E-state index in [0.29, 0.717) is 0 Å². The molecule has 2 aromatic heterocycles. The number of alkyl halides is 3. The minimum atomic E-state index is -4.03.